The number of hydrogen-bond donors (Lipinski definition) is 2. The van der Waals surface area contributed by atoms with E-state index in [9.17, 15) is 4.79 Å². The van der Waals surface area contributed by atoms with Crippen LogP contribution in [0.2, 0.25) is 0 Å². The summed E-state index contributed by atoms with van der Waals surface area (Å²) < 4.78 is 1.77. The van der Waals surface area contributed by atoms with Gasteiger partial charge in [-0.15, -0.1) is 24.8 Å². The van der Waals surface area contributed by atoms with E-state index in [0.29, 0.717) is 6.42 Å². The molecule has 0 spiro atoms. The molecule has 1 aliphatic rings. The van der Waals surface area contributed by atoms with Crippen LogP contribution in [0.4, 0.5) is 0 Å². The predicted molar refractivity (Wildman–Crippen MR) is 89.2 cm³/mol. The highest BCUT2D eigenvalue weighted by atomic mass is 35.5. The zero-order valence-corrected chi connectivity index (χ0v) is 14.4. The fraction of sp³-hybridized carbons (Fsp3) is 0.714. The van der Waals surface area contributed by atoms with Gasteiger partial charge in [-0.05, 0) is 43.3 Å². The molecule has 2 rings (SSSR count). The van der Waals surface area contributed by atoms with Crippen molar-refractivity contribution in [1.29, 1.82) is 0 Å². The summed E-state index contributed by atoms with van der Waals surface area (Å²) in [6.07, 6.45) is 7.35. The number of aromatic nitrogens is 2. The highest BCUT2D eigenvalue weighted by Crippen LogP contribution is 2.26. The van der Waals surface area contributed by atoms with E-state index in [0.717, 1.165) is 44.5 Å². The minimum absolute atomic E-state index is 0. The number of aryl methyl sites for hydroxylation is 2. The highest BCUT2D eigenvalue weighted by molar-refractivity contribution is 5.85. The molecular formula is C14H26Cl2N4O. The van der Waals surface area contributed by atoms with Crippen molar-refractivity contribution in [1.82, 2.24) is 20.4 Å². The largest absolute Gasteiger partial charge is 0.356 e. The summed E-state index contributed by atoms with van der Waals surface area (Å²) in [4.78, 5) is 11.9. The first-order valence-electron chi connectivity index (χ1n) is 7.02. The molecule has 2 N–H and O–H groups in total. The van der Waals surface area contributed by atoms with E-state index in [1.807, 2.05) is 19.4 Å². The number of amides is 1. The molecule has 1 saturated heterocycles. The van der Waals surface area contributed by atoms with Crippen LogP contribution in [0.1, 0.15) is 31.7 Å². The molecule has 2 heterocycles. The topological polar surface area (TPSA) is 59.0 Å². The lowest BCUT2D eigenvalue weighted by atomic mass is 9.81. The maximum absolute atomic E-state index is 11.9. The molecule has 1 aromatic rings. The minimum atomic E-state index is 0. The van der Waals surface area contributed by atoms with Crippen molar-refractivity contribution in [3.8, 4) is 0 Å². The van der Waals surface area contributed by atoms with Crippen LogP contribution in [0, 0.1) is 5.41 Å². The monoisotopic (exact) mass is 336 g/mol. The molecule has 5 nitrogen and oxygen atoms in total. The smallest absolute Gasteiger partial charge is 0.220 e. The Bertz CT molecular complexity index is 430. The van der Waals surface area contributed by atoms with Crippen LogP contribution in [0.5, 0.6) is 0 Å². The molecule has 0 radical (unpaired) electrons. The lowest BCUT2D eigenvalue weighted by Crippen LogP contribution is -2.42. The summed E-state index contributed by atoms with van der Waals surface area (Å²) in [5.41, 5.74) is 1.38. The molecule has 7 heteroatoms. The number of carbonyl (C=O) groups is 1. The van der Waals surface area contributed by atoms with Gasteiger partial charge < -0.3 is 10.6 Å². The number of piperidine rings is 1. The van der Waals surface area contributed by atoms with Gasteiger partial charge in [0.2, 0.25) is 5.91 Å². The second kappa shape index (κ2) is 9.28. The first-order valence-corrected chi connectivity index (χ1v) is 7.02. The maximum Gasteiger partial charge on any atom is 0.220 e. The zero-order valence-electron chi connectivity index (χ0n) is 12.7. The Labute approximate surface area is 139 Å². The Balaban J connectivity index is 0.00000200. The Kier molecular flexibility index (Phi) is 8.94. The van der Waals surface area contributed by atoms with Gasteiger partial charge >= 0.3 is 0 Å². The third-order valence-electron chi connectivity index (χ3n) is 3.92. The number of nitrogens with one attached hydrogen (secondary N) is 2. The number of hydrogen-bond acceptors (Lipinski definition) is 3. The second-order valence-corrected chi connectivity index (χ2v) is 5.86. The van der Waals surface area contributed by atoms with Crippen molar-refractivity contribution < 1.29 is 4.79 Å². The molecule has 1 aliphatic heterocycles. The summed E-state index contributed by atoms with van der Waals surface area (Å²) in [6, 6.07) is 0. The van der Waals surface area contributed by atoms with Crippen LogP contribution < -0.4 is 10.6 Å². The maximum atomic E-state index is 11.9. The normalized spacial score (nSPS) is 16.5. The van der Waals surface area contributed by atoms with Gasteiger partial charge in [0.1, 0.15) is 0 Å². The van der Waals surface area contributed by atoms with Crippen LogP contribution in [-0.4, -0.2) is 35.3 Å². The molecule has 0 aliphatic carbocycles. The van der Waals surface area contributed by atoms with E-state index < -0.39 is 0 Å². The van der Waals surface area contributed by atoms with Crippen LogP contribution in [0.3, 0.4) is 0 Å². The summed E-state index contributed by atoms with van der Waals surface area (Å²) in [7, 11) is 1.89. The average Bonchev–Trinajstić information content (AvgIpc) is 2.81. The van der Waals surface area contributed by atoms with E-state index in [1.54, 1.807) is 4.68 Å². The van der Waals surface area contributed by atoms with Gasteiger partial charge in [-0.25, -0.2) is 0 Å². The van der Waals surface area contributed by atoms with Crippen LogP contribution in [-0.2, 0) is 18.3 Å². The Hall–Kier alpha value is -0.780. The van der Waals surface area contributed by atoms with Gasteiger partial charge in [0.25, 0.3) is 0 Å². The molecule has 1 amide bonds. The minimum Gasteiger partial charge on any atom is -0.356 e. The lowest BCUT2D eigenvalue weighted by molar-refractivity contribution is -0.121. The Morgan fingerprint density at radius 1 is 1.43 bits per heavy atom. The zero-order chi connectivity index (χ0) is 13.7. The number of rotatable bonds is 5. The molecule has 122 valence electrons. The number of carbonyl (C=O) groups excluding carboxylic acids is 1. The average molecular weight is 337 g/mol. The fourth-order valence-corrected chi connectivity index (χ4v) is 2.47. The van der Waals surface area contributed by atoms with E-state index in [1.165, 1.54) is 0 Å². The summed E-state index contributed by atoms with van der Waals surface area (Å²) in [5.74, 6) is 0.142. The van der Waals surface area contributed by atoms with Crippen molar-refractivity contribution in [2.45, 2.75) is 32.6 Å². The third-order valence-corrected chi connectivity index (χ3v) is 3.92. The second-order valence-electron chi connectivity index (χ2n) is 5.86. The van der Waals surface area contributed by atoms with E-state index in [2.05, 4.69) is 22.7 Å². The molecule has 0 saturated carbocycles. The molecule has 0 bridgehead atoms. The molecule has 0 unspecified atom stereocenters. The van der Waals surface area contributed by atoms with Crippen molar-refractivity contribution in [3.05, 3.63) is 18.0 Å². The van der Waals surface area contributed by atoms with Crippen LogP contribution in [0.25, 0.3) is 0 Å². The molecule has 21 heavy (non-hydrogen) atoms. The predicted octanol–water partition coefficient (Wildman–Crippen LogP) is 1.70. The van der Waals surface area contributed by atoms with Crippen molar-refractivity contribution in [2.75, 3.05) is 19.6 Å². The molecule has 1 aromatic heterocycles. The number of halogens is 2. The molecule has 0 aromatic carbocycles. The van der Waals surface area contributed by atoms with Crippen molar-refractivity contribution in [3.63, 3.8) is 0 Å². The summed E-state index contributed by atoms with van der Waals surface area (Å²) in [5, 5.41) is 10.5. The van der Waals surface area contributed by atoms with Gasteiger partial charge in [0.05, 0.1) is 6.20 Å². The van der Waals surface area contributed by atoms with E-state index >= 15 is 0 Å². The Morgan fingerprint density at radius 2 is 2.10 bits per heavy atom. The van der Waals surface area contributed by atoms with E-state index in [-0.39, 0.29) is 36.1 Å². The van der Waals surface area contributed by atoms with Gasteiger partial charge in [0, 0.05) is 26.2 Å². The third kappa shape index (κ3) is 6.68. The number of nitrogens with zero attached hydrogens (tertiary/aromatic N) is 2. The first-order chi connectivity index (χ1) is 9.07. The van der Waals surface area contributed by atoms with Crippen molar-refractivity contribution in [2.24, 2.45) is 12.5 Å². The molecule has 1 fully saturated rings. The van der Waals surface area contributed by atoms with Crippen LogP contribution in [0.15, 0.2) is 12.4 Å². The molecular weight excluding hydrogens is 311 g/mol. The van der Waals surface area contributed by atoms with Gasteiger partial charge in [-0.1, -0.05) is 6.92 Å². The fourth-order valence-electron chi connectivity index (χ4n) is 2.47. The quantitative estimate of drug-likeness (QED) is 0.860. The van der Waals surface area contributed by atoms with Crippen molar-refractivity contribution >= 4 is 30.7 Å². The highest BCUT2D eigenvalue weighted by Gasteiger charge is 2.26. The van der Waals surface area contributed by atoms with Crippen LogP contribution >= 0.6 is 24.8 Å². The lowest BCUT2D eigenvalue weighted by Gasteiger charge is -2.34. The van der Waals surface area contributed by atoms with Gasteiger partial charge in [0.15, 0.2) is 0 Å². The Morgan fingerprint density at radius 3 is 2.67 bits per heavy atom. The SMILES string of the molecule is Cl.Cl.Cn1cc(CCC(=O)NCC2(C)CCNCC2)cn1. The standard InChI is InChI=1S/C14H24N4O.2ClH/c1-14(5-7-15-8-6-14)11-16-13(19)4-3-12-9-17-18(2)10-12;;/h9-10,15H,3-8,11H2,1-2H3,(H,16,19);2*1H. The van der Waals surface area contributed by atoms with Gasteiger partial charge in [-0.2, -0.15) is 5.10 Å². The van der Waals surface area contributed by atoms with E-state index in [4.69, 9.17) is 0 Å². The van der Waals surface area contributed by atoms with Gasteiger partial charge in [-0.3, -0.25) is 9.48 Å². The molecule has 0 atom stereocenters. The summed E-state index contributed by atoms with van der Waals surface area (Å²) >= 11 is 0. The summed E-state index contributed by atoms with van der Waals surface area (Å²) in [6.45, 7) is 5.17. The first kappa shape index (κ1) is 20.2.